The third kappa shape index (κ3) is 2.38. The lowest BCUT2D eigenvalue weighted by Gasteiger charge is -2.18. The predicted molar refractivity (Wildman–Crippen MR) is 58.6 cm³/mol. The molecule has 2 nitrogen and oxygen atoms in total. The van der Waals surface area contributed by atoms with Crippen LogP contribution in [0.3, 0.4) is 0 Å². The monoisotopic (exact) mass is 199 g/mol. The van der Waals surface area contributed by atoms with E-state index in [9.17, 15) is 0 Å². The molecular weight excluding hydrogens is 186 g/mol. The van der Waals surface area contributed by atoms with Gasteiger partial charge < -0.3 is 4.74 Å². The molecule has 1 aliphatic rings. The van der Waals surface area contributed by atoms with E-state index in [4.69, 9.17) is 10.00 Å². The van der Waals surface area contributed by atoms with Crippen molar-refractivity contribution in [2.75, 3.05) is 0 Å². The minimum atomic E-state index is 0.133. The van der Waals surface area contributed by atoms with Gasteiger partial charge in [0.1, 0.15) is 17.9 Å². The number of para-hydroxylation sites is 1. The maximum absolute atomic E-state index is 8.90. The van der Waals surface area contributed by atoms with Crippen molar-refractivity contribution in [1.82, 2.24) is 0 Å². The van der Waals surface area contributed by atoms with E-state index >= 15 is 0 Å². The van der Waals surface area contributed by atoms with E-state index in [1.165, 1.54) is 0 Å². The van der Waals surface area contributed by atoms with Crippen LogP contribution in [-0.2, 0) is 0 Å². The molecule has 1 unspecified atom stereocenters. The van der Waals surface area contributed by atoms with Crippen LogP contribution in [0.2, 0.25) is 0 Å². The van der Waals surface area contributed by atoms with Gasteiger partial charge in [0.05, 0.1) is 5.56 Å². The van der Waals surface area contributed by atoms with E-state index in [0.29, 0.717) is 11.3 Å². The van der Waals surface area contributed by atoms with Crippen molar-refractivity contribution >= 4 is 0 Å². The van der Waals surface area contributed by atoms with Crippen LogP contribution in [0.25, 0.3) is 0 Å². The Bertz CT molecular complexity index is 403. The fraction of sp³-hybridized carbons (Fsp3) is 0.308. The predicted octanol–water partition coefficient (Wildman–Crippen LogP) is 3.05. The molecule has 0 radical (unpaired) electrons. The first kappa shape index (κ1) is 9.79. The lowest BCUT2D eigenvalue weighted by atomic mass is 10.1. The van der Waals surface area contributed by atoms with Gasteiger partial charge in [-0.1, -0.05) is 18.2 Å². The first-order valence-electron chi connectivity index (χ1n) is 5.22. The van der Waals surface area contributed by atoms with Gasteiger partial charge in [0.25, 0.3) is 0 Å². The van der Waals surface area contributed by atoms with Gasteiger partial charge in [0.15, 0.2) is 0 Å². The highest BCUT2D eigenvalue weighted by Gasteiger charge is 2.11. The summed E-state index contributed by atoms with van der Waals surface area (Å²) in [6, 6.07) is 9.50. The van der Waals surface area contributed by atoms with Crippen molar-refractivity contribution in [2.45, 2.75) is 25.4 Å². The fourth-order valence-corrected chi connectivity index (χ4v) is 1.70. The zero-order valence-corrected chi connectivity index (χ0v) is 8.52. The number of ether oxygens (including phenoxy) is 1. The van der Waals surface area contributed by atoms with E-state index in [2.05, 4.69) is 18.2 Å². The smallest absolute Gasteiger partial charge is 0.137 e. The number of hydrogen-bond donors (Lipinski definition) is 0. The summed E-state index contributed by atoms with van der Waals surface area (Å²) in [5, 5.41) is 8.90. The summed E-state index contributed by atoms with van der Waals surface area (Å²) >= 11 is 0. The maximum Gasteiger partial charge on any atom is 0.137 e. The van der Waals surface area contributed by atoms with E-state index in [-0.39, 0.29) is 6.10 Å². The van der Waals surface area contributed by atoms with Crippen molar-refractivity contribution in [2.24, 2.45) is 0 Å². The lowest BCUT2D eigenvalue weighted by molar-refractivity contribution is 0.229. The molecule has 76 valence electrons. The molecule has 0 amide bonds. The van der Waals surface area contributed by atoms with Gasteiger partial charge >= 0.3 is 0 Å². The molecule has 1 aliphatic carbocycles. The SMILES string of the molecule is N#Cc1ccccc1OC1C=CCCC1. The maximum atomic E-state index is 8.90. The van der Waals surface area contributed by atoms with Crippen molar-refractivity contribution in [3.8, 4) is 11.8 Å². The van der Waals surface area contributed by atoms with Crippen LogP contribution in [0.1, 0.15) is 24.8 Å². The zero-order chi connectivity index (χ0) is 10.5. The molecule has 0 aliphatic heterocycles. The number of nitriles is 1. The average molecular weight is 199 g/mol. The third-order valence-electron chi connectivity index (χ3n) is 2.50. The molecule has 0 aromatic heterocycles. The quantitative estimate of drug-likeness (QED) is 0.686. The summed E-state index contributed by atoms with van der Waals surface area (Å²) in [6.45, 7) is 0. The Morgan fingerprint density at radius 1 is 1.33 bits per heavy atom. The Morgan fingerprint density at radius 2 is 2.20 bits per heavy atom. The molecule has 1 aromatic carbocycles. The highest BCUT2D eigenvalue weighted by atomic mass is 16.5. The van der Waals surface area contributed by atoms with Crippen molar-refractivity contribution in [3.63, 3.8) is 0 Å². The molecule has 0 N–H and O–H groups in total. The van der Waals surface area contributed by atoms with Crippen molar-refractivity contribution in [1.29, 1.82) is 5.26 Å². The topological polar surface area (TPSA) is 33.0 Å². The van der Waals surface area contributed by atoms with Crippen LogP contribution in [0.5, 0.6) is 5.75 Å². The molecule has 15 heavy (non-hydrogen) atoms. The number of nitrogens with zero attached hydrogens (tertiary/aromatic N) is 1. The molecule has 2 heteroatoms. The van der Waals surface area contributed by atoms with Crippen LogP contribution < -0.4 is 4.74 Å². The minimum absolute atomic E-state index is 0.133. The van der Waals surface area contributed by atoms with Crippen LogP contribution in [0.15, 0.2) is 36.4 Å². The number of benzene rings is 1. The molecule has 0 saturated heterocycles. The number of rotatable bonds is 2. The molecule has 0 saturated carbocycles. The fourth-order valence-electron chi connectivity index (χ4n) is 1.70. The molecular formula is C13H13NO. The van der Waals surface area contributed by atoms with Gasteiger partial charge in [-0.25, -0.2) is 0 Å². The summed E-state index contributed by atoms with van der Waals surface area (Å²) < 4.78 is 5.77. The molecule has 0 fully saturated rings. The Labute approximate surface area is 89.8 Å². The summed E-state index contributed by atoms with van der Waals surface area (Å²) in [5.41, 5.74) is 0.608. The summed E-state index contributed by atoms with van der Waals surface area (Å²) in [4.78, 5) is 0. The lowest BCUT2D eigenvalue weighted by Crippen LogP contribution is -2.16. The molecule has 1 atom stereocenters. The second-order valence-electron chi connectivity index (χ2n) is 3.62. The highest BCUT2D eigenvalue weighted by Crippen LogP contribution is 2.22. The van der Waals surface area contributed by atoms with Gasteiger partial charge in [0.2, 0.25) is 0 Å². The Balaban J connectivity index is 2.13. The Kier molecular flexibility index (Phi) is 3.04. The van der Waals surface area contributed by atoms with Crippen LogP contribution in [0.4, 0.5) is 0 Å². The first-order valence-corrected chi connectivity index (χ1v) is 5.22. The number of hydrogen-bond acceptors (Lipinski definition) is 2. The van der Waals surface area contributed by atoms with Gasteiger partial charge in [-0.05, 0) is 37.5 Å². The van der Waals surface area contributed by atoms with E-state index in [0.717, 1.165) is 19.3 Å². The highest BCUT2D eigenvalue weighted by molar-refractivity contribution is 5.42. The second-order valence-corrected chi connectivity index (χ2v) is 3.62. The Morgan fingerprint density at radius 3 is 2.93 bits per heavy atom. The molecule has 0 heterocycles. The first-order chi connectivity index (χ1) is 7.40. The van der Waals surface area contributed by atoms with Crippen LogP contribution in [0, 0.1) is 11.3 Å². The summed E-state index contributed by atoms with van der Waals surface area (Å²) in [7, 11) is 0. The number of allylic oxidation sites excluding steroid dienone is 1. The van der Waals surface area contributed by atoms with Crippen molar-refractivity contribution in [3.05, 3.63) is 42.0 Å². The van der Waals surface area contributed by atoms with E-state index in [1.807, 2.05) is 18.2 Å². The van der Waals surface area contributed by atoms with Crippen LogP contribution >= 0.6 is 0 Å². The molecule has 2 rings (SSSR count). The summed E-state index contributed by atoms with van der Waals surface area (Å²) in [6.07, 6.45) is 7.69. The second kappa shape index (κ2) is 4.65. The van der Waals surface area contributed by atoms with E-state index < -0.39 is 0 Å². The molecule has 1 aromatic rings. The molecule has 0 spiro atoms. The van der Waals surface area contributed by atoms with Gasteiger partial charge in [-0.3, -0.25) is 0 Å². The van der Waals surface area contributed by atoms with Gasteiger partial charge in [0, 0.05) is 0 Å². The average Bonchev–Trinajstić information content (AvgIpc) is 2.31. The van der Waals surface area contributed by atoms with E-state index in [1.54, 1.807) is 6.07 Å². The van der Waals surface area contributed by atoms with Crippen LogP contribution in [-0.4, -0.2) is 6.10 Å². The third-order valence-corrected chi connectivity index (χ3v) is 2.50. The van der Waals surface area contributed by atoms with Gasteiger partial charge in [-0.15, -0.1) is 0 Å². The standard InChI is InChI=1S/C13H13NO/c14-10-11-6-4-5-9-13(11)15-12-7-2-1-3-8-12/h2,4-7,9,12H,1,3,8H2. The largest absolute Gasteiger partial charge is 0.485 e. The summed E-state index contributed by atoms with van der Waals surface area (Å²) in [5.74, 6) is 0.691. The Hall–Kier alpha value is -1.75. The molecule has 0 bridgehead atoms. The normalized spacial score (nSPS) is 19.5. The van der Waals surface area contributed by atoms with Gasteiger partial charge in [-0.2, -0.15) is 5.26 Å². The minimum Gasteiger partial charge on any atom is -0.485 e. The van der Waals surface area contributed by atoms with Crippen molar-refractivity contribution < 1.29 is 4.74 Å². The zero-order valence-electron chi connectivity index (χ0n) is 8.52.